The average Bonchev–Trinajstić information content (AvgIpc) is 3.21. The molecule has 0 unspecified atom stereocenters. The van der Waals surface area contributed by atoms with E-state index < -0.39 is 0 Å². The standard InChI is InChI=1S/C18H18N4O2/c23-18(19-10-14-12-22-8-4-3-7-17(22)21-14)20-11-15-9-13-5-1-2-6-16(13)24-15/h1-8,12,15H,9-11H2,(H2,19,20,23)/t15-/m1/s1. The number of ether oxygens (including phenoxy) is 1. The zero-order valence-corrected chi connectivity index (χ0v) is 13.1. The highest BCUT2D eigenvalue weighted by Gasteiger charge is 2.22. The first-order valence-electron chi connectivity index (χ1n) is 7.97. The van der Waals surface area contributed by atoms with Gasteiger partial charge in [-0.25, -0.2) is 9.78 Å². The van der Waals surface area contributed by atoms with Gasteiger partial charge in [0.25, 0.3) is 0 Å². The van der Waals surface area contributed by atoms with Crippen LogP contribution in [0.2, 0.25) is 0 Å². The van der Waals surface area contributed by atoms with Crippen LogP contribution in [0.1, 0.15) is 11.3 Å². The third-order valence-electron chi connectivity index (χ3n) is 4.05. The fourth-order valence-corrected chi connectivity index (χ4v) is 2.88. The molecule has 6 nitrogen and oxygen atoms in total. The van der Waals surface area contributed by atoms with E-state index in [0.717, 1.165) is 23.5 Å². The van der Waals surface area contributed by atoms with E-state index in [4.69, 9.17) is 4.74 Å². The molecule has 122 valence electrons. The number of imidazole rings is 1. The van der Waals surface area contributed by atoms with Crippen LogP contribution in [0.25, 0.3) is 5.65 Å². The molecule has 1 aliphatic rings. The molecule has 1 aliphatic heterocycles. The summed E-state index contributed by atoms with van der Waals surface area (Å²) in [4.78, 5) is 16.4. The smallest absolute Gasteiger partial charge is 0.315 e. The maximum absolute atomic E-state index is 11.9. The summed E-state index contributed by atoms with van der Waals surface area (Å²) in [5.74, 6) is 0.911. The summed E-state index contributed by atoms with van der Waals surface area (Å²) in [6, 6.07) is 13.6. The van der Waals surface area contributed by atoms with Crippen LogP contribution in [-0.2, 0) is 13.0 Å². The van der Waals surface area contributed by atoms with E-state index in [9.17, 15) is 4.79 Å². The quantitative estimate of drug-likeness (QED) is 0.773. The summed E-state index contributed by atoms with van der Waals surface area (Å²) >= 11 is 0. The first-order chi connectivity index (χ1) is 11.8. The number of nitrogens with zero attached hydrogens (tertiary/aromatic N) is 2. The SMILES string of the molecule is O=C(NCc1cn2ccccc2n1)NC[C@H]1Cc2ccccc2O1. The molecule has 2 aromatic heterocycles. The number of amides is 2. The molecule has 1 aromatic carbocycles. The third-order valence-corrected chi connectivity index (χ3v) is 4.05. The summed E-state index contributed by atoms with van der Waals surface area (Å²) in [5, 5.41) is 5.68. The van der Waals surface area contributed by atoms with Crippen molar-refractivity contribution < 1.29 is 9.53 Å². The van der Waals surface area contributed by atoms with E-state index in [1.165, 1.54) is 5.56 Å². The number of aromatic nitrogens is 2. The number of urea groups is 1. The van der Waals surface area contributed by atoms with Gasteiger partial charge in [0.05, 0.1) is 18.8 Å². The number of carbonyl (C=O) groups excluding carboxylic acids is 1. The molecule has 24 heavy (non-hydrogen) atoms. The van der Waals surface area contributed by atoms with Gasteiger partial charge in [-0.05, 0) is 23.8 Å². The Kier molecular flexibility index (Phi) is 3.78. The van der Waals surface area contributed by atoms with Crippen molar-refractivity contribution in [1.29, 1.82) is 0 Å². The van der Waals surface area contributed by atoms with Gasteiger partial charge in [0, 0.05) is 18.8 Å². The number of benzene rings is 1. The Morgan fingerprint density at radius 3 is 2.96 bits per heavy atom. The minimum Gasteiger partial charge on any atom is -0.488 e. The van der Waals surface area contributed by atoms with Crippen molar-refractivity contribution in [3.05, 3.63) is 66.1 Å². The minimum atomic E-state index is -0.216. The van der Waals surface area contributed by atoms with Gasteiger partial charge < -0.3 is 19.8 Å². The Balaban J connectivity index is 1.25. The largest absolute Gasteiger partial charge is 0.488 e. The average molecular weight is 322 g/mol. The first kappa shape index (κ1) is 14.6. The molecule has 0 radical (unpaired) electrons. The van der Waals surface area contributed by atoms with Crippen LogP contribution < -0.4 is 15.4 Å². The Morgan fingerprint density at radius 1 is 1.21 bits per heavy atom. The predicted molar refractivity (Wildman–Crippen MR) is 90.0 cm³/mol. The van der Waals surface area contributed by atoms with Gasteiger partial charge >= 0.3 is 6.03 Å². The van der Waals surface area contributed by atoms with E-state index in [-0.39, 0.29) is 12.1 Å². The fraction of sp³-hybridized carbons (Fsp3) is 0.222. The van der Waals surface area contributed by atoms with Crippen LogP contribution in [-0.4, -0.2) is 28.1 Å². The lowest BCUT2D eigenvalue weighted by Crippen LogP contribution is -2.40. The molecule has 0 saturated heterocycles. The van der Waals surface area contributed by atoms with Gasteiger partial charge in [-0.2, -0.15) is 0 Å². The molecular weight excluding hydrogens is 304 g/mol. The van der Waals surface area contributed by atoms with E-state index in [1.54, 1.807) is 0 Å². The Labute approximate surface area is 139 Å². The van der Waals surface area contributed by atoms with E-state index in [1.807, 2.05) is 53.2 Å². The molecule has 2 N–H and O–H groups in total. The molecule has 2 amide bonds. The van der Waals surface area contributed by atoms with Crippen LogP contribution in [0.4, 0.5) is 4.79 Å². The molecule has 0 aliphatic carbocycles. The topological polar surface area (TPSA) is 67.7 Å². The van der Waals surface area contributed by atoms with Gasteiger partial charge in [-0.1, -0.05) is 24.3 Å². The van der Waals surface area contributed by atoms with Gasteiger partial charge in [-0.15, -0.1) is 0 Å². The van der Waals surface area contributed by atoms with Crippen molar-refractivity contribution in [3.63, 3.8) is 0 Å². The maximum atomic E-state index is 11.9. The fourth-order valence-electron chi connectivity index (χ4n) is 2.88. The normalized spacial score (nSPS) is 15.8. The zero-order valence-electron chi connectivity index (χ0n) is 13.1. The lowest BCUT2D eigenvalue weighted by atomic mass is 10.1. The molecule has 0 fully saturated rings. The highest BCUT2D eigenvalue weighted by atomic mass is 16.5. The van der Waals surface area contributed by atoms with Crippen LogP contribution in [0.15, 0.2) is 54.9 Å². The molecule has 0 spiro atoms. The molecule has 3 heterocycles. The van der Waals surface area contributed by atoms with Crippen molar-refractivity contribution in [3.8, 4) is 5.75 Å². The third kappa shape index (κ3) is 3.03. The highest BCUT2D eigenvalue weighted by molar-refractivity contribution is 5.73. The van der Waals surface area contributed by atoms with Crippen molar-refractivity contribution in [1.82, 2.24) is 20.0 Å². The molecule has 1 atom stereocenters. The van der Waals surface area contributed by atoms with Crippen LogP contribution in [0, 0.1) is 0 Å². The van der Waals surface area contributed by atoms with Crippen molar-refractivity contribution in [2.24, 2.45) is 0 Å². The summed E-state index contributed by atoms with van der Waals surface area (Å²) in [6.45, 7) is 0.866. The zero-order chi connectivity index (χ0) is 16.4. The molecule has 4 rings (SSSR count). The lowest BCUT2D eigenvalue weighted by molar-refractivity contribution is 0.213. The summed E-state index contributed by atoms with van der Waals surface area (Å²) in [5.41, 5.74) is 2.88. The minimum absolute atomic E-state index is 0.0108. The van der Waals surface area contributed by atoms with Crippen molar-refractivity contribution >= 4 is 11.7 Å². The van der Waals surface area contributed by atoms with Crippen LogP contribution in [0.5, 0.6) is 5.75 Å². The Hall–Kier alpha value is -3.02. The summed E-state index contributed by atoms with van der Waals surface area (Å²) < 4.78 is 7.73. The van der Waals surface area contributed by atoms with E-state index in [0.29, 0.717) is 13.1 Å². The lowest BCUT2D eigenvalue weighted by Gasteiger charge is -2.12. The maximum Gasteiger partial charge on any atom is 0.315 e. The number of hydrogen-bond donors (Lipinski definition) is 2. The second-order valence-corrected chi connectivity index (χ2v) is 5.81. The van der Waals surface area contributed by atoms with E-state index >= 15 is 0 Å². The molecule has 0 bridgehead atoms. The molecule has 3 aromatic rings. The Morgan fingerprint density at radius 2 is 2.08 bits per heavy atom. The first-order valence-corrected chi connectivity index (χ1v) is 7.97. The predicted octanol–water partition coefficient (Wildman–Crippen LogP) is 2.14. The summed E-state index contributed by atoms with van der Waals surface area (Å²) in [6.07, 6.45) is 4.65. The number of rotatable bonds is 4. The molecule has 0 saturated carbocycles. The molecular formula is C18H18N4O2. The second-order valence-electron chi connectivity index (χ2n) is 5.81. The highest BCUT2D eigenvalue weighted by Crippen LogP contribution is 2.27. The van der Waals surface area contributed by atoms with Crippen molar-refractivity contribution in [2.45, 2.75) is 19.1 Å². The van der Waals surface area contributed by atoms with Gasteiger partial charge in [-0.3, -0.25) is 0 Å². The number of hydrogen-bond acceptors (Lipinski definition) is 3. The second kappa shape index (κ2) is 6.23. The van der Waals surface area contributed by atoms with Crippen LogP contribution in [0.3, 0.4) is 0 Å². The number of pyridine rings is 1. The van der Waals surface area contributed by atoms with Crippen LogP contribution >= 0.6 is 0 Å². The number of nitrogens with one attached hydrogen (secondary N) is 2. The van der Waals surface area contributed by atoms with Gasteiger partial charge in [0.15, 0.2) is 0 Å². The Bertz CT molecular complexity index is 816. The summed E-state index contributed by atoms with van der Waals surface area (Å²) in [7, 11) is 0. The van der Waals surface area contributed by atoms with Gasteiger partial charge in [0.2, 0.25) is 0 Å². The number of para-hydroxylation sites is 1. The van der Waals surface area contributed by atoms with Crippen molar-refractivity contribution in [2.75, 3.05) is 6.54 Å². The van der Waals surface area contributed by atoms with Gasteiger partial charge in [0.1, 0.15) is 17.5 Å². The number of carbonyl (C=O) groups is 1. The molecule has 6 heteroatoms. The van der Waals surface area contributed by atoms with E-state index in [2.05, 4.69) is 21.7 Å². The monoisotopic (exact) mass is 322 g/mol. The number of fused-ring (bicyclic) bond motifs is 2.